The Bertz CT molecular complexity index is 1020. The molecule has 0 spiro atoms. The Hall–Kier alpha value is -2.51. The van der Waals surface area contributed by atoms with Crippen LogP contribution in [0, 0.1) is 6.92 Å². The number of aromatic nitrogens is 2. The van der Waals surface area contributed by atoms with Crippen LogP contribution in [0.4, 0.5) is 5.69 Å². The van der Waals surface area contributed by atoms with Crippen molar-refractivity contribution in [3.8, 4) is 0 Å². The number of hydrogen-bond acceptors (Lipinski definition) is 5. The molecule has 3 heterocycles. The molecular weight excluding hydrogens is 350 g/mol. The van der Waals surface area contributed by atoms with Crippen molar-refractivity contribution in [3.63, 3.8) is 0 Å². The summed E-state index contributed by atoms with van der Waals surface area (Å²) in [5.41, 5.74) is 3.76. The molecular formula is C19H19N3O3S. The summed E-state index contributed by atoms with van der Waals surface area (Å²) in [6.45, 7) is 2.98. The van der Waals surface area contributed by atoms with Gasteiger partial charge in [0, 0.05) is 18.5 Å². The normalized spacial score (nSPS) is 16.9. The first-order valence-corrected chi connectivity index (χ1v) is 9.46. The Labute approximate surface area is 154 Å². The van der Waals surface area contributed by atoms with Gasteiger partial charge in [-0.1, -0.05) is 0 Å². The summed E-state index contributed by atoms with van der Waals surface area (Å²) in [5.74, 6) is -0.399. The maximum absolute atomic E-state index is 12.8. The van der Waals surface area contributed by atoms with Crippen molar-refractivity contribution >= 4 is 33.1 Å². The van der Waals surface area contributed by atoms with Gasteiger partial charge in [0.15, 0.2) is 0 Å². The molecule has 26 heavy (non-hydrogen) atoms. The average molecular weight is 369 g/mol. The Morgan fingerprint density at radius 3 is 3.12 bits per heavy atom. The molecule has 7 heteroatoms. The summed E-state index contributed by atoms with van der Waals surface area (Å²) in [5, 5.41) is 2.82. The zero-order valence-corrected chi connectivity index (χ0v) is 15.2. The molecule has 2 aromatic heterocycles. The van der Waals surface area contributed by atoms with E-state index in [1.165, 1.54) is 0 Å². The van der Waals surface area contributed by atoms with Gasteiger partial charge in [0.25, 0.3) is 11.5 Å². The van der Waals surface area contributed by atoms with Crippen molar-refractivity contribution in [2.45, 2.75) is 32.4 Å². The number of amides is 1. The second-order valence-corrected chi connectivity index (χ2v) is 7.34. The van der Waals surface area contributed by atoms with Crippen molar-refractivity contribution in [3.05, 3.63) is 57.5 Å². The van der Waals surface area contributed by atoms with Gasteiger partial charge >= 0.3 is 0 Å². The molecule has 0 radical (unpaired) electrons. The predicted octanol–water partition coefficient (Wildman–Crippen LogP) is 3.20. The number of anilines is 1. The molecule has 1 aliphatic rings. The molecule has 4 rings (SSSR count). The predicted molar refractivity (Wildman–Crippen MR) is 102 cm³/mol. The van der Waals surface area contributed by atoms with Gasteiger partial charge in [-0.2, -0.15) is 0 Å². The van der Waals surface area contributed by atoms with Crippen molar-refractivity contribution in [2.24, 2.45) is 0 Å². The Morgan fingerprint density at radius 2 is 2.31 bits per heavy atom. The average Bonchev–Trinajstić information content (AvgIpc) is 3.28. The number of thiazole rings is 1. The molecule has 1 fully saturated rings. The molecule has 0 bridgehead atoms. The second kappa shape index (κ2) is 7.01. The van der Waals surface area contributed by atoms with Crippen LogP contribution < -0.4 is 10.9 Å². The molecule has 1 saturated heterocycles. The lowest BCUT2D eigenvalue weighted by Gasteiger charge is -2.14. The van der Waals surface area contributed by atoms with Crippen LogP contribution >= 0.6 is 11.3 Å². The highest BCUT2D eigenvalue weighted by Crippen LogP contribution is 2.22. The summed E-state index contributed by atoms with van der Waals surface area (Å²) in [6, 6.07) is 7.35. The van der Waals surface area contributed by atoms with Gasteiger partial charge in [0.05, 0.1) is 28.4 Å². The number of pyridine rings is 1. The summed E-state index contributed by atoms with van der Waals surface area (Å²) >= 11 is 1.54. The van der Waals surface area contributed by atoms with Crippen LogP contribution in [0.25, 0.3) is 10.2 Å². The third-order valence-corrected chi connectivity index (χ3v) is 5.42. The van der Waals surface area contributed by atoms with Crippen molar-refractivity contribution in [1.29, 1.82) is 0 Å². The summed E-state index contributed by atoms with van der Waals surface area (Å²) < 4.78 is 8.23. The standard InChI is InChI=1S/C19H19N3O3S/c1-12-6-7-22(10-14-3-2-8-25-14)19(24)17(12)18(23)21-13-4-5-16-15(9-13)20-11-26-16/h4-7,9,11,14H,2-3,8,10H2,1H3,(H,21,23). The van der Waals surface area contributed by atoms with E-state index in [1.54, 1.807) is 40.6 Å². The lowest BCUT2D eigenvalue weighted by molar-refractivity contribution is 0.0952. The molecule has 1 unspecified atom stereocenters. The number of rotatable bonds is 4. The van der Waals surface area contributed by atoms with E-state index in [4.69, 9.17) is 4.74 Å². The zero-order chi connectivity index (χ0) is 18.1. The number of carbonyl (C=O) groups is 1. The fraction of sp³-hybridized carbons (Fsp3) is 0.316. The van der Waals surface area contributed by atoms with E-state index in [2.05, 4.69) is 10.3 Å². The molecule has 0 aliphatic carbocycles. The topological polar surface area (TPSA) is 73.2 Å². The number of ether oxygens (including phenoxy) is 1. The first-order valence-electron chi connectivity index (χ1n) is 8.58. The summed E-state index contributed by atoms with van der Waals surface area (Å²) in [7, 11) is 0. The van der Waals surface area contributed by atoms with Crippen LogP contribution in [-0.2, 0) is 11.3 Å². The molecule has 1 atom stereocenters. The maximum atomic E-state index is 12.8. The summed E-state index contributed by atoms with van der Waals surface area (Å²) in [6.07, 6.45) is 3.73. The molecule has 6 nitrogen and oxygen atoms in total. The first-order chi connectivity index (χ1) is 12.6. The quantitative estimate of drug-likeness (QED) is 0.766. The molecule has 3 aromatic rings. The number of hydrogen-bond donors (Lipinski definition) is 1. The molecule has 1 amide bonds. The molecule has 0 saturated carbocycles. The lowest BCUT2D eigenvalue weighted by Crippen LogP contribution is -2.32. The zero-order valence-electron chi connectivity index (χ0n) is 14.4. The molecule has 1 aliphatic heterocycles. The van der Waals surface area contributed by atoms with Gasteiger partial charge in [-0.05, 0) is 49.6 Å². The van der Waals surface area contributed by atoms with Crippen LogP contribution in [0.2, 0.25) is 0 Å². The minimum absolute atomic E-state index is 0.0402. The largest absolute Gasteiger partial charge is 0.376 e. The van der Waals surface area contributed by atoms with E-state index in [-0.39, 0.29) is 17.2 Å². The van der Waals surface area contributed by atoms with E-state index in [0.717, 1.165) is 29.7 Å². The van der Waals surface area contributed by atoms with Crippen LogP contribution in [0.5, 0.6) is 0 Å². The third-order valence-electron chi connectivity index (χ3n) is 4.61. The second-order valence-electron chi connectivity index (χ2n) is 6.46. The fourth-order valence-electron chi connectivity index (χ4n) is 3.22. The summed E-state index contributed by atoms with van der Waals surface area (Å²) in [4.78, 5) is 29.8. The fourth-order valence-corrected chi connectivity index (χ4v) is 3.88. The number of benzene rings is 1. The SMILES string of the molecule is Cc1ccn(CC2CCCO2)c(=O)c1C(=O)Nc1ccc2scnc2c1. The molecule has 1 aromatic carbocycles. The van der Waals surface area contributed by atoms with Gasteiger partial charge in [0.2, 0.25) is 0 Å². The van der Waals surface area contributed by atoms with Crippen molar-refractivity contribution in [1.82, 2.24) is 9.55 Å². The molecule has 1 N–H and O–H groups in total. The number of aryl methyl sites for hydroxylation is 1. The maximum Gasteiger partial charge on any atom is 0.263 e. The van der Waals surface area contributed by atoms with Gasteiger partial charge in [-0.3, -0.25) is 9.59 Å². The van der Waals surface area contributed by atoms with E-state index in [1.807, 2.05) is 18.2 Å². The van der Waals surface area contributed by atoms with Crippen LogP contribution in [0.1, 0.15) is 28.8 Å². The number of fused-ring (bicyclic) bond motifs is 1. The van der Waals surface area contributed by atoms with Gasteiger partial charge in [-0.15, -0.1) is 11.3 Å². The third kappa shape index (κ3) is 3.27. The van der Waals surface area contributed by atoms with E-state index in [9.17, 15) is 9.59 Å². The smallest absolute Gasteiger partial charge is 0.263 e. The highest BCUT2D eigenvalue weighted by atomic mass is 32.1. The minimum Gasteiger partial charge on any atom is -0.376 e. The highest BCUT2D eigenvalue weighted by Gasteiger charge is 2.20. The van der Waals surface area contributed by atoms with Crippen LogP contribution in [0.3, 0.4) is 0 Å². The highest BCUT2D eigenvalue weighted by molar-refractivity contribution is 7.16. The Kier molecular flexibility index (Phi) is 4.57. The van der Waals surface area contributed by atoms with Crippen molar-refractivity contribution in [2.75, 3.05) is 11.9 Å². The van der Waals surface area contributed by atoms with E-state index in [0.29, 0.717) is 17.8 Å². The van der Waals surface area contributed by atoms with E-state index < -0.39 is 5.91 Å². The Morgan fingerprint density at radius 1 is 1.42 bits per heavy atom. The minimum atomic E-state index is -0.399. The number of nitrogens with one attached hydrogen (secondary N) is 1. The van der Waals surface area contributed by atoms with Gasteiger partial charge in [-0.25, -0.2) is 4.98 Å². The van der Waals surface area contributed by atoms with E-state index >= 15 is 0 Å². The monoisotopic (exact) mass is 369 g/mol. The number of carbonyl (C=O) groups excluding carboxylic acids is 1. The number of nitrogens with zero attached hydrogens (tertiary/aromatic N) is 2. The van der Waals surface area contributed by atoms with Gasteiger partial charge < -0.3 is 14.6 Å². The van der Waals surface area contributed by atoms with Crippen LogP contribution in [0.15, 0.2) is 40.8 Å². The van der Waals surface area contributed by atoms with Crippen LogP contribution in [-0.4, -0.2) is 28.2 Å². The molecule has 134 valence electrons. The first kappa shape index (κ1) is 16.9. The Balaban J connectivity index is 1.60. The van der Waals surface area contributed by atoms with Gasteiger partial charge in [0.1, 0.15) is 5.56 Å². The lowest BCUT2D eigenvalue weighted by atomic mass is 10.1. The van der Waals surface area contributed by atoms with Crippen molar-refractivity contribution < 1.29 is 9.53 Å².